The topological polar surface area (TPSA) is 179 Å². The van der Waals surface area contributed by atoms with E-state index in [2.05, 4.69) is 21.0 Å². The van der Waals surface area contributed by atoms with Crippen molar-refractivity contribution >= 4 is 23.5 Å². The van der Waals surface area contributed by atoms with Gasteiger partial charge in [0.1, 0.15) is 11.4 Å². The summed E-state index contributed by atoms with van der Waals surface area (Å²) in [5.74, 6) is -2.06. The third-order valence-electron chi connectivity index (χ3n) is 3.76. The number of nitrogens with two attached hydrogens (primary N) is 2. The highest BCUT2D eigenvalue weighted by molar-refractivity contribution is 6.30. The second kappa shape index (κ2) is 11.6. The Bertz CT molecular complexity index is 1020. The Hall–Kier alpha value is -3.54. The smallest absolute Gasteiger partial charge is 0.317 e. The van der Waals surface area contributed by atoms with Crippen molar-refractivity contribution in [2.45, 2.75) is 13.2 Å². The van der Waals surface area contributed by atoms with Crippen LogP contribution in [0.3, 0.4) is 0 Å². The summed E-state index contributed by atoms with van der Waals surface area (Å²) in [6.45, 7) is 1.17. The van der Waals surface area contributed by atoms with E-state index in [0.29, 0.717) is 36.0 Å². The second-order valence-corrected chi connectivity index (χ2v) is 6.54. The van der Waals surface area contributed by atoms with Crippen LogP contribution >= 0.6 is 11.6 Å². The van der Waals surface area contributed by atoms with Gasteiger partial charge in [0.05, 0.1) is 32.5 Å². The molecule has 0 unspecified atom stereocenters. The second-order valence-electron chi connectivity index (χ2n) is 6.10. The number of halogens is 1. The standard InChI is InChI=1S/C17H16ClN5O3.C2H5NO2/c18-13-3-1-11(2-4-13)10-26-6-5-23-9-14(21-22-23)12-7-15(24)16(17(19)25)20-8-12;3-1-2(4)5/h1-4,7-9,24H,5-6,10H2,(H2,19,25);1,3H2,(H,4,5). The molecule has 0 radical (unpaired) electrons. The number of carbonyl (C=O) groups excluding carboxylic acids is 1. The van der Waals surface area contributed by atoms with Crippen LogP contribution in [0.1, 0.15) is 16.1 Å². The summed E-state index contributed by atoms with van der Waals surface area (Å²) in [7, 11) is 0. The fourth-order valence-electron chi connectivity index (χ4n) is 2.25. The van der Waals surface area contributed by atoms with Crippen molar-refractivity contribution in [3.8, 4) is 17.0 Å². The van der Waals surface area contributed by atoms with E-state index in [9.17, 15) is 14.7 Å². The van der Waals surface area contributed by atoms with Crippen molar-refractivity contribution in [3.05, 3.63) is 59.0 Å². The van der Waals surface area contributed by atoms with Crippen molar-refractivity contribution < 1.29 is 24.5 Å². The van der Waals surface area contributed by atoms with Gasteiger partial charge in [-0.25, -0.2) is 9.67 Å². The number of rotatable bonds is 8. The number of aromatic nitrogens is 4. The van der Waals surface area contributed by atoms with Gasteiger partial charge in [-0.3, -0.25) is 9.59 Å². The molecule has 2 aromatic heterocycles. The number of primary amides is 1. The van der Waals surface area contributed by atoms with Gasteiger partial charge in [0.25, 0.3) is 5.91 Å². The molecule has 0 bridgehead atoms. The lowest BCUT2D eigenvalue weighted by Gasteiger charge is -2.04. The van der Waals surface area contributed by atoms with E-state index in [-0.39, 0.29) is 18.0 Å². The lowest BCUT2D eigenvalue weighted by molar-refractivity contribution is -0.135. The maximum absolute atomic E-state index is 11.1. The molecule has 0 fully saturated rings. The highest BCUT2D eigenvalue weighted by atomic mass is 35.5. The van der Waals surface area contributed by atoms with E-state index in [1.807, 2.05) is 24.3 Å². The Kier molecular flexibility index (Phi) is 8.88. The number of hydrogen-bond acceptors (Lipinski definition) is 8. The lowest BCUT2D eigenvalue weighted by Crippen LogP contribution is -2.13. The van der Waals surface area contributed by atoms with Gasteiger partial charge in [-0.2, -0.15) is 0 Å². The minimum atomic E-state index is -0.968. The summed E-state index contributed by atoms with van der Waals surface area (Å²) >= 11 is 5.84. The molecule has 0 spiro atoms. The van der Waals surface area contributed by atoms with Crippen molar-refractivity contribution in [3.63, 3.8) is 0 Å². The van der Waals surface area contributed by atoms with E-state index in [0.717, 1.165) is 5.56 Å². The molecule has 0 aliphatic rings. The van der Waals surface area contributed by atoms with Gasteiger partial charge in [-0.15, -0.1) is 5.10 Å². The zero-order valence-electron chi connectivity index (χ0n) is 16.3. The molecule has 31 heavy (non-hydrogen) atoms. The third kappa shape index (κ3) is 7.66. The van der Waals surface area contributed by atoms with E-state index in [1.165, 1.54) is 12.3 Å². The SMILES string of the molecule is NC(=O)c1ncc(-c2cn(CCOCc3ccc(Cl)cc3)nn2)cc1O.NCC(=O)O. The van der Waals surface area contributed by atoms with E-state index in [4.69, 9.17) is 27.2 Å². The first kappa shape index (κ1) is 23.7. The molecule has 3 rings (SSSR count). The number of carboxylic acids is 1. The Morgan fingerprint density at radius 3 is 2.48 bits per heavy atom. The molecule has 3 aromatic rings. The zero-order valence-corrected chi connectivity index (χ0v) is 17.1. The average Bonchev–Trinajstić information content (AvgIpc) is 3.21. The molecule has 6 N–H and O–H groups in total. The van der Waals surface area contributed by atoms with Gasteiger partial charge in [0.15, 0.2) is 5.69 Å². The van der Waals surface area contributed by atoms with Crippen LogP contribution in [0.5, 0.6) is 5.75 Å². The van der Waals surface area contributed by atoms with Gasteiger partial charge < -0.3 is 26.4 Å². The van der Waals surface area contributed by atoms with Gasteiger partial charge in [0.2, 0.25) is 0 Å². The molecule has 12 heteroatoms. The molecule has 0 saturated carbocycles. The van der Waals surface area contributed by atoms with Gasteiger partial charge in [0, 0.05) is 16.8 Å². The fraction of sp³-hybridized carbons (Fsp3) is 0.211. The summed E-state index contributed by atoms with van der Waals surface area (Å²) in [6, 6.07) is 8.82. The molecule has 0 saturated heterocycles. The predicted octanol–water partition coefficient (Wildman–Crippen LogP) is 1.04. The summed E-state index contributed by atoms with van der Waals surface area (Å²) in [4.78, 5) is 24.2. The number of ether oxygens (including phenoxy) is 1. The maximum Gasteiger partial charge on any atom is 0.317 e. The van der Waals surface area contributed by atoms with Crippen LogP contribution in [0.15, 0.2) is 42.7 Å². The van der Waals surface area contributed by atoms with Crippen LogP contribution in [-0.4, -0.2) is 55.2 Å². The maximum atomic E-state index is 11.1. The average molecular weight is 449 g/mol. The molecule has 0 atom stereocenters. The van der Waals surface area contributed by atoms with Gasteiger partial charge in [-0.1, -0.05) is 28.9 Å². The minimum Gasteiger partial charge on any atom is -0.505 e. The Morgan fingerprint density at radius 1 is 1.23 bits per heavy atom. The minimum absolute atomic E-state index is 0.184. The molecule has 1 amide bonds. The van der Waals surface area contributed by atoms with Crippen LogP contribution < -0.4 is 11.5 Å². The van der Waals surface area contributed by atoms with E-state index >= 15 is 0 Å². The first-order valence-electron chi connectivity index (χ1n) is 8.93. The number of hydrogen-bond donors (Lipinski definition) is 4. The number of nitrogens with zero attached hydrogens (tertiary/aromatic N) is 4. The Morgan fingerprint density at radius 2 is 1.90 bits per heavy atom. The molecule has 2 heterocycles. The summed E-state index contributed by atoms with van der Waals surface area (Å²) in [5.41, 5.74) is 11.6. The molecule has 164 valence electrons. The highest BCUT2D eigenvalue weighted by Gasteiger charge is 2.12. The number of aliphatic carboxylic acids is 1. The summed E-state index contributed by atoms with van der Waals surface area (Å²) < 4.78 is 7.23. The molecule has 0 aliphatic heterocycles. The quantitative estimate of drug-likeness (QED) is 0.366. The normalized spacial score (nSPS) is 10.3. The number of pyridine rings is 1. The van der Waals surface area contributed by atoms with Crippen molar-refractivity contribution in [2.75, 3.05) is 13.2 Å². The van der Waals surface area contributed by atoms with Crippen molar-refractivity contribution in [1.82, 2.24) is 20.0 Å². The third-order valence-corrected chi connectivity index (χ3v) is 4.01. The zero-order chi connectivity index (χ0) is 22.8. The molecule has 11 nitrogen and oxygen atoms in total. The van der Waals surface area contributed by atoms with Crippen LogP contribution in [-0.2, 0) is 22.7 Å². The van der Waals surface area contributed by atoms with Crippen LogP contribution in [0.4, 0.5) is 0 Å². The van der Waals surface area contributed by atoms with Crippen LogP contribution in [0, 0.1) is 0 Å². The summed E-state index contributed by atoms with van der Waals surface area (Å²) in [5, 5.41) is 26.1. The monoisotopic (exact) mass is 448 g/mol. The lowest BCUT2D eigenvalue weighted by atomic mass is 10.2. The van der Waals surface area contributed by atoms with Crippen LogP contribution in [0.2, 0.25) is 5.02 Å². The van der Waals surface area contributed by atoms with Gasteiger partial charge in [-0.05, 0) is 23.8 Å². The number of amides is 1. The number of carbonyl (C=O) groups is 2. The van der Waals surface area contributed by atoms with E-state index < -0.39 is 11.9 Å². The largest absolute Gasteiger partial charge is 0.505 e. The number of benzene rings is 1. The number of carboxylic acid groups (broad SMARTS) is 1. The van der Waals surface area contributed by atoms with E-state index in [1.54, 1.807) is 10.9 Å². The Labute approximate surface area is 182 Å². The van der Waals surface area contributed by atoms with Gasteiger partial charge >= 0.3 is 5.97 Å². The fourth-order valence-corrected chi connectivity index (χ4v) is 2.38. The number of aromatic hydroxyl groups is 1. The Balaban J connectivity index is 0.000000614. The predicted molar refractivity (Wildman–Crippen MR) is 111 cm³/mol. The highest BCUT2D eigenvalue weighted by Crippen LogP contribution is 2.22. The molecule has 1 aromatic carbocycles. The first-order chi connectivity index (χ1) is 14.8. The van der Waals surface area contributed by atoms with Crippen molar-refractivity contribution in [1.29, 1.82) is 0 Å². The molecular weight excluding hydrogens is 428 g/mol. The van der Waals surface area contributed by atoms with Crippen molar-refractivity contribution in [2.24, 2.45) is 11.5 Å². The molecular formula is C19H21ClN6O5. The molecule has 0 aliphatic carbocycles. The van der Waals surface area contributed by atoms with Crippen LogP contribution in [0.25, 0.3) is 11.3 Å². The first-order valence-corrected chi connectivity index (χ1v) is 9.31. The summed E-state index contributed by atoms with van der Waals surface area (Å²) in [6.07, 6.45) is 3.11.